The number of carbonyl (C=O) groups excluding carboxylic acids is 1. The Morgan fingerprint density at radius 1 is 1.42 bits per heavy atom. The second-order valence-corrected chi connectivity index (χ2v) is 5.03. The van der Waals surface area contributed by atoms with Crippen LogP contribution >= 0.6 is 0 Å². The fourth-order valence-corrected chi connectivity index (χ4v) is 4.05. The zero-order chi connectivity index (χ0) is 7.97. The summed E-state index contributed by atoms with van der Waals surface area (Å²) in [4.78, 5) is 11.7. The minimum Gasteiger partial charge on any atom is -0.294 e. The lowest BCUT2D eigenvalue weighted by Gasteiger charge is -2.16. The van der Waals surface area contributed by atoms with Crippen molar-refractivity contribution in [3.63, 3.8) is 0 Å². The third-order valence-corrected chi connectivity index (χ3v) is 4.82. The van der Waals surface area contributed by atoms with E-state index in [0.29, 0.717) is 11.2 Å². The molecule has 4 aliphatic carbocycles. The van der Waals surface area contributed by atoms with E-state index >= 15 is 0 Å². The van der Waals surface area contributed by atoms with Crippen molar-refractivity contribution >= 4 is 5.78 Å². The van der Waals surface area contributed by atoms with E-state index in [-0.39, 0.29) is 5.41 Å². The normalized spacial score (nSPS) is 50.5. The molecule has 2 unspecified atom stereocenters. The van der Waals surface area contributed by atoms with Crippen molar-refractivity contribution in [2.75, 3.05) is 0 Å². The van der Waals surface area contributed by atoms with Crippen LogP contribution < -0.4 is 0 Å². The summed E-state index contributed by atoms with van der Waals surface area (Å²) in [5.41, 5.74) is 2.18. The van der Waals surface area contributed by atoms with Gasteiger partial charge in [-0.05, 0) is 44.1 Å². The molecule has 62 valence electrons. The van der Waals surface area contributed by atoms with E-state index in [1.54, 1.807) is 0 Å². The van der Waals surface area contributed by atoms with Gasteiger partial charge in [0.1, 0.15) is 0 Å². The van der Waals surface area contributed by atoms with E-state index in [2.05, 4.69) is 0 Å². The number of hydrogen-bond acceptors (Lipinski definition) is 1. The maximum Gasteiger partial charge on any atom is 0.162 e. The van der Waals surface area contributed by atoms with Gasteiger partial charge in [0, 0.05) is 10.8 Å². The Kier molecular flexibility index (Phi) is 0.656. The summed E-state index contributed by atoms with van der Waals surface area (Å²) >= 11 is 0. The third-order valence-electron chi connectivity index (χ3n) is 4.82. The number of ketones is 1. The van der Waals surface area contributed by atoms with E-state index in [0.717, 1.165) is 5.92 Å². The summed E-state index contributed by atoms with van der Waals surface area (Å²) in [7, 11) is 0. The molecule has 0 amide bonds. The van der Waals surface area contributed by atoms with Crippen LogP contribution in [0.3, 0.4) is 0 Å². The topological polar surface area (TPSA) is 17.1 Å². The Balaban J connectivity index is 1.98. The summed E-state index contributed by atoms with van der Waals surface area (Å²) in [5.74, 6) is 1.40. The van der Waals surface area contributed by atoms with Crippen molar-refractivity contribution in [1.29, 1.82) is 0 Å². The fraction of sp³-hybridized carbons (Fsp3) is 0.727. The molecule has 0 aromatic carbocycles. The molecular formula is C11H12O. The summed E-state index contributed by atoms with van der Waals surface area (Å²) < 4.78 is 0. The van der Waals surface area contributed by atoms with Crippen LogP contribution in [-0.4, -0.2) is 5.78 Å². The van der Waals surface area contributed by atoms with Crippen molar-refractivity contribution in [1.82, 2.24) is 0 Å². The van der Waals surface area contributed by atoms with Crippen molar-refractivity contribution < 1.29 is 4.79 Å². The Hall–Kier alpha value is -0.590. The molecule has 1 heteroatoms. The molecule has 0 aliphatic heterocycles. The second-order valence-electron chi connectivity index (χ2n) is 5.03. The van der Waals surface area contributed by atoms with Gasteiger partial charge in [0.2, 0.25) is 0 Å². The average molecular weight is 160 g/mol. The van der Waals surface area contributed by atoms with Gasteiger partial charge in [-0.1, -0.05) is 5.57 Å². The van der Waals surface area contributed by atoms with Crippen LogP contribution in [0, 0.1) is 16.7 Å². The highest BCUT2D eigenvalue weighted by atomic mass is 16.1. The van der Waals surface area contributed by atoms with E-state index < -0.39 is 0 Å². The van der Waals surface area contributed by atoms with Crippen molar-refractivity contribution in [2.24, 2.45) is 16.7 Å². The number of carbonyl (C=O) groups is 1. The summed E-state index contributed by atoms with van der Waals surface area (Å²) in [6.45, 7) is 0. The average Bonchev–Trinajstić information content (AvgIpc) is 2.92. The summed E-state index contributed by atoms with van der Waals surface area (Å²) in [5, 5.41) is 0. The van der Waals surface area contributed by atoms with Crippen LogP contribution in [0.2, 0.25) is 0 Å². The Morgan fingerprint density at radius 3 is 2.92 bits per heavy atom. The first-order valence-electron chi connectivity index (χ1n) is 5.05. The quantitative estimate of drug-likeness (QED) is 0.530. The number of allylic oxidation sites excluding steroid dienone is 2. The second kappa shape index (κ2) is 1.32. The predicted molar refractivity (Wildman–Crippen MR) is 44.5 cm³/mol. The van der Waals surface area contributed by atoms with Crippen molar-refractivity contribution in [2.45, 2.75) is 32.1 Å². The van der Waals surface area contributed by atoms with Crippen molar-refractivity contribution in [3.8, 4) is 0 Å². The monoisotopic (exact) mass is 160 g/mol. The van der Waals surface area contributed by atoms with E-state index in [1.807, 2.05) is 6.08 Å². The molecule has 3 saturated carbocycles. The zero-order valence-electron chi connectivity index (χ0n) is 7.10. The zero-order valence-corrected chi connectivity index (χ0v) is 7.10. The summed E-state index contributed by atoms with van der Waals surface area (Å²) in [6.07, 6.45) is 8.36. The lowest BCUT2D eigenvalue weighted by atomic mass is 9.84. The molecule has 0 bridgehead atoms. The van der Waals surface area contributed by atoms with Crippen LogP contribution in [0.15, 0.2) is 11.6 Å². The minimum absolute atomic E-state index is 0.184. The predicted octanol–water partition coefficient (Wildman–Crippen LogP) is 2.08. The van der Waals surface area contributed by atoms with Crippen LogP contribution in [0.4, 0.5) is 0 Å². The van der Waals surface area contributed by atoms with Gasteiger partial charge in [-0.15, -0.1) is 0 Å². The Morgan fingerprint density at radius 2 is 2.25 bits per heavy atom. The van der Waals surface area contributed by atoms with Gasteiger partial charge in [-0.25, -0.2) is 0 Å². The fourth-order valence-electron chi connectivity index (χ4n) is 4.05. The first kappa shape index (κ1) is 5.95. The molecule has 4 aliphatic rings. The van der Waals surface area contributed by atoms with Gasteiger partial charge >= 0.3 is 0 Å². The Labute approximate surface area is 71.8 Å². The van der Waals surface area contributed by atoms with Gasteiger partial charge in [0.25, 0.3) is 0 Å². The lowest BCUT2D eigenvalue weighted by molar-refractivity contribution is -0.120. The van der Waals surface area contributed by atoms with E-state index in [4.69, 9.17) is 0 Å². The highest BCUT2D eigenvalue weighted by Gasteiger charge is 2.78. The molecule has 0 N–H and O–H groups in total. The van der Waals surface area contributed by atoms with Crippen molar-refractivity contribution in [3.05, 3.63) is 11.6 Å². The molecule has 3 fully saturated rings. The number of hydrogen-bond donors (Lipinski definition) is 0. The number of rotatable bonds is 0. The highest BCUT2D eigenvalue weighted by Crippen LogP contribution is 2.83. The standard InChI is InChI=1S/C11H12O/c12-9-5-7-1-2-8-6-11(7,8)10(9)3-4-10/h5,8H,1-4,6H2. The molecule has 0 radical (unpaired) electrons. The van der Waals surface area contributed by atoms with Gasteiger partial charge in [0.05, 0.1) is 0 Å². The minimum atomic E-state index is 0.184. The molecule has 1 nitrogen and oxygen atoms in total. The van der Waals surface area contributed by atoms with Crippen LogP contribution in [-0.2, 0) is 4.79 Å². The molecule has 2 spiro atoms. The SMILES string of the molecule is O=C1C=C2CCC3CC23C12CC2. The molecular weight excluding hydrogens is 148 g/mol. The maximum absolute atomic E-state index is 11.7. The van der Waals surface area contributed by atoms with Gasteiger partial charge in [0.15, 0.2) is 5.78 Å². The molecule has 12 heavy (non-hydrogen) atoms. The van der Waals surface area contributed by atoms with Crippen LogP contribution in [0.25, 0.3) is 0 Å². The molecule has 0 aromatic rings. The molecule has 0 aromatic heterocycles. The van der Waals surface area contributed by atoms with Crippen LogP contribution in [0.5, 0.6) is 0 Å². The third kappa shape index (κ3) is 0.353. The molecule has 4 rings (SSSR count). The Bertz CT molecular complexity index is 335. The van der Waals surface area contributed by atoms with Crippen LogP contribution in [0.1, 0.15) is 32.1 Å². The molecule has 2 atom stereocenters. The van der Waals surface area contributed by atoms with E-state index in [9.17, 15) is 4.79 Å². The smallest absolute Gasteiger partial charge is 0.162 e. The van der Waals surface area contributed by atoms with E-state index in [1.165, 1.54) is 37.7 Å². The lowest BCUT2D eigenvalue weighted by Crippen LogP contribution is -2.19. The largest absolute Gasteiger partial charge is 0.294 e. The van der Waals surface area contributed by atoms with Gasteiger partial charge in [-0.3, -0.25) is 4.79 Å². The molecule has 0 heterocycles. The summed E-state index contributed by atoms with van der Waals surface area (Å²) in [6, 6.07) is 0. The first-order valence-corrected chi connectivity index (χ1v) is 5.05. The highest BCUT2D eigenvalue weighted by molar-refractivity contribution is 6.03. The maximum atomic E-state index is 11.7. The van der Waals surface area contributed by atoms with Gasteiger partial charge in [-0.2, -0.15) is 0 Å². The van der Waals surface area contributed by atoms with Gasteiger partial charge < -0.3 is 0 Å². The molecule has 0 saturated heterocycles. The first-order chi connectivity index (χ1) is 5.80.